The van der Waals surface area contributed by atoms with Crippen LogP contribution in [0.4, 0.5) is 0 Å². The normalized spacial score (nSPS) is 22.7. The van der Waals surface area contributed by atoms with Crippen LogP contribution in [0.1, 0.15) is 31.5 Å². The highest BCUT2D eigenvalue weighted by molar-refractivity contribution is 6.30. The fraction of sp³-hybridized carbons (Fsp3) is 0.667. The first-order chi connectivity index (χ1) is 7.31. The van der Waals surface area contributed by atoms with Crippen LogP contribution in [-0.2, 0) is 14.4 Å². The average molecular weight is 209 g/mol. The zero-order chi connectivity index (χ0) is 10.7. The Morgan fingerprint density at radius 2 is 2.67 bits per heavy atom. The molecule has 2 heterocycles. The number of aromatic nitrogens is 2. The van der Waals surface area contributed by atoms with Crippen molar-refractivity contribution in [3.63, 3.8) is 0 Å². The topological polar surface area (TPSA) is 45.5 Å². The van der Waals surface area contributed by atoms with E-state index < -0.39 is 0 Å². The van der Waals surface area contributed by atoms with Crippen molar-refractivity contribution in [3.8, 4) is 0 Å². The molecular formula is C9H14BN2O3. The van der Waals surface area contributed by atoms with Gasteiger partial charge in [-0.05, 0) is 19.4 Å². The minimum Gasteiger partial charge on any atom is -0.357 e. The lowest BCUT2D eigenvalue weighted by molar-refractivity contribution is -0.183. The average Bonchev–Trinajstić information content (AvgIpc) is 2.89. The second-order valence-electron chi connectivity index (χ2n) is 3.43. The van der Waals surface area contributed by atoms with Gasteiger partial charge in [0.2, 0.25) is 0 Å². The summed E-state index contributed by atoms with van der Waals surface area (Å²) < 4.78 is 7.23. The molecule has 2 atom stereocenters. The molecule has 6 heteroatoms. The Hall–Kier alpha value is -0.845. The fourth-order valence-corrected chi connectivity index (χ4v) is 1.49. The van der Waals surface area contributed by atoms with Crippen LogP contribution in [0, 0.1) is 0 Å². The molecule has 1 aliphatic rings. The largest absolute Gasteiger partial charge is 0.357 e. The van der Waals surface area contributed by atoms with Crippen LogP contribution in [0.3, 0.4) is 0 Å². The Morgan fingerprint density at radius 1 is 1.80 bits per heavy atom. The van der Waals surface area contributed by atoms with Gasteiger partial charge in [-0.25, -0.2) is 4.68 Å². The Labute approximate surface area is 89.5 Å². The molecule has 1 aromatic heterocycles. The van der Waals surface area contributed by atoms with Crippen LogP contribution in [0.5, 0.6) is 0 Å². The minimum atomic E-state index is -0.0352. The van der Waals surface area contributed by atoms with E-state index in [1.165, 1.54) is 0 Å². The molecule has 0 aromatic carbocycles. The van der Waals surface area contributed by atoms with Crippen LogP contribution in [0.15, 0.2) is 12.4 Å². The van der Waals surface area contributed by atoms with Gasteiger partial charge in [0.1, 0.15) is 6.23 Å². The van der Waals surface area contributed by atoms with E-state index in [4.69, 9.17) is 14.4 Å². The summed E-state index contributed by atoms with van der Waals surface area (Å²) >= 11 is 0. The number of hydrogen-bond donors (Lipinski definition) is 0. The summed E-state index contributed by atoms with van der Waals surface area (Å²) in [6.07, 6.45) is 3.74. The quantitative estimate of drug-likeness (QED) is 0.549. The van der Waals surface area contributed by atoms with Crippen molar-refractivity contribution in [3.05, 3.63) is 18.0 Å². The van der Waals surface area contributed by atoms with Crippen LogP contribution < -0.4 is 0 Å². The summed E-state index contributed by atoms with van der Waals surface area (Å²) in [5.74, 6) is 0.174. The standard InChI is InChI=1S/C9H14BN2O3/c1-3-13-7(2)12-5-8(4-11-12)9-6-14-15-10-9/h4-5,7,9H,3,6H2,1-2H3. The van der Waals surface area contributed by atoms with E-state index in [0.29, 0.717) is 13.2 Å². The van der Waals surface area contributed by atoms with Crippen molar-refractivity contribution < 1.29 is 14.4 Å². The summed E-state index contributed by atoms with van der Waals surface area (Å²) in [7, 11) is 1.67. The van der Waals surface area contributed by atoms with Crippen LogP contribution in [0.2, 0.25) is 0 Å². The second-order valence-corrected chi connectivity index (χ2v) is 3.43. The highest BCUT2D eigenvalue weighted by atomic mass is 17.2. The molecule has 5 nitrogen and oxygen atoms in total. The van der Waals surface area contributed by atoms with Gasteiger partial charge in [-0.15, -0.1) is 0 Å². The van der Waals surface area contributed by atoms with Gasteiger partial charge in [0.05, 0.1) is 12.8 Å². The summed E-state index contributed by atoms with van der Waals surface area (Å²) in [5.41, 5.74) is 1.08. The molecule has 1 aromatic rings. The van der Waals surface area contributed by atoms with E-state index in [1.807, 2.05) is 26.2 Å². The number of nitrogens with zero attached hydrogens (tertiary/aromatic N) is 2. The smallest absolute Gasteiger partial charge is 0.354 e. The molecule has 0 bridgehead atoms. The molecule has 0 spiro atoms. The molecule has 2 rings (SSSR count). The molecule has 0 saturated carbocycles. The highest BCUT2D eigenvalue weighted by Gasteiger charge is 2.24. The number of hydrogen-bond acceptors (Lipinski definition) is 4. The van der Waals surface area contributed by atoms with Crippen molar-refractivity contribution in [2.75, 3.05) is 13.2 Å². The first-order valence-corrected chi connectivity index (χ1v) is 5.08. The van der Waals surface area contributed by atoms with Gasteiger partial charge in [-0.1, -0.05) is 0 Å². The Kier molecular flexibility index (Phi) is 3.40. The Balaban J connectivity index is 2.02. The number of rotatable bonds is 4. The molecule has 1 fully saturated rings. The maximum atomic E-state index is 5.43. The molecule has 81 valence electrons. The summed E-state index contributed by atoms with van der Waals surface area (Å²) in [5, 5.41) is 4.24. The molecule has 0 N–H and O–H groups in total. The predicted molar refractivity (Wildman–Crippen MR) is 54.1 cm³/mol. The van der Waals surface area contributed by atoms with Crippen molar-refractivity contribution in [1.82, 2.24) is 9.78 Å². The van der Waals surface area contributed by atoms with Gasteiger partial charge in [-0.3, -0.25) is 4.89 Å². The molecule has 15 heavy (non-hydrogen) atoms. The first kappa shape index (κ1) is 10.7. The van der Waals surface area contributed by atoms with Crippen LogP contribution in [-0.4, -0.2) is 30.5 Å². The Bertz CT molecular complexity index is 312. The van der Waals surface area contributed by atoms with Gasteiger partial charge in [0.25, 0.3) is 0 Å². The maximum Gasteiger partial charge on any atom is 0.354 e. The van der Waals surface area contributed by atoms with Gasteiger partial charge < -0.3 is 9.54 Å². The molecule has 2 unspecified atom stereocenters. The third-order valence-corrected chi connectivity index (χ3v) is 2.37. The van der Waals surface area contributed by atoms with Crippen LogP contribution >= 0.6 is 0 Å². The van der Waals surface area contributed by atoms with E-state index in [9.17, 15) is 0 Å². The zero-order valence-electron chi connectivity index (χ0n) is 8.92. The summed E-state index contributed by atoms with van der Waals surface area (Å²) in [6.45, 7) is 5.16. The van der Waals surface area contributed by atoms with Gasteiger partial charge in [0, 0.05) is 18.6 Å². The van der Waals surface area contributed by atoms with E-state index in [1.54, 1.807) is 12.2 Å². The fourth-order valence-electron chi connectivity index (χ4n) is 1.49. The first-order valence-electron chi connectivity index (χ1n) is 5.08. The summed E-state index contributed by atoms with van der Waals surface area (Å²) in [4.78, 5) is 9.54. The molecular weight excluding hydrogens is 195 g/mol. The van der Waals surface area contributed by atoms with E-state index >= 15 is 0 Å². The monoisotopic (exact) mass is 209 g/mol. The van der Waals surface area contributed by atoms with Crippen LogP contribution in [0.25, 0.3) is 0 Å². The third-order valence-electron chi connectivity index (χ3n) is 2.37. The van der Waals surface area contributed by atoms with E-state index in [-0.39, 0.29) is 12.0 Å². The Morgan fingerprint density at radius 3 is 3.33 bits per heavy atom. The predicted octanol–water partition coefficient (Wildman–Crippen LogP) is 1.06. The minimum absolute atomic E-state index is 0.0352. The van der Waals surface area contributed by atoms with Gasteiger partial charge in [-0.2, -0.15) is 5.10 Å². The molecule has 0 aliphatic carbocycles. The zero-order valence-corrected chi connectivity index (χ0v) is 8.92. The lowest BCUT2D eigenvalue weighted by Crippen LogP contribution is -2.09. The van der Waals surface area contributed by atoms with Gasteiger partial charge in [0.15, 0.2) is 0 Å². The van der Waals surface area contributed by atoms with Crippen molar-refractivity contribution in [1.29, 1.82) is 0 Å². The molecule has 1 radical (unpaired) electrons. The van der Waals surface area contributed by atoms with Crippen molar-refractivity contribution in [2.24, 2.45) is 0 Å². The maximum absolute atomic E-state index is 5.43. The SMILES string of the molecule is CCOC(C)n1cc(C2[B]OOC2)cn1. The highest BCUT2D eigenvalue weighted by Crippen LogP contribution is 2.20. The second kappa shape index (κ2) is 4.78. The molecule has 1 saturated heterocycles. The van der Waals surface area contributed by atoms with E-state index in [0.717, 1.165) is 5.56 Å². The van der Waals surface area contributed by atoms with Crippen molar-refractivity contribution >= 4 is 7.48 Å². The van der Waals surface area contributed by atoms with Gasteiger partial charge >= 0.3 is 7.48 Å². The molecule has 1 aliphatic heterocycles. The lowest BCUT2D eigenvalue weighted by Gasteiger charge is -2.11. The third kappa shape index (κ3) is 2.39. The molecule has 0 amide bonds. The lowest BCUT2D eigenvalue weighted by atomic mass is 9.78. The summed E-state index contributed by atoms with van der Waals surface area (Å²) in [6, 6.07) is 0. The number of ether oxygens (including phenoxy) is 1. The van der Waals surface area contributed by atoms with Crippen molar-refractivity contribution in [2.45, 2.75) is 25.9 Å². The van der Waals surface area contributed by atoms with E-state index in [2.05, 4.69) is 5.10 Å².